The number of carbonyl (C=O) groups excluding carboxylic acids is 4. The Morgan fingerprint density at radius 2 is 1.68 bits per heavy atom. The number of aromatic nitrogens is 2. The molecule has 15 nitrogen and oxygen atoms in total. The lowest BCUT2D eigenvalue weighted by molar-refractivity contribution is -0.135. The first kappa shape index (κ1) is 42.2. The van der Waals surface area contributed by atoms with E-state index >= 15 is 0 Å². The van der Waals surface area contributed by atoms with Crippen LogP contribution in [0.2, 0.25) is 0 Å². The summed E-state index contributed by atoms with van der Waals surface area (Å²) in [5, 5.41) is 7.69. The predicted molar refractivity (Wildman–Crippen MR) is 243 cm³/mol. The van der Waals surface area contributed by atoms with Gasteiger partial charge in [0.1, 0.15) is 30.3 Å². The van der Waals surface area contributed by atoms with Crippen LogP contribution in [0.1, 0.15) is 67.7 Å². The molecule has 7 atom stereocenters. The summed E-state index contributed by atoms with van der Waals surface area (Å²) in [6.45, 7) is 5.18. The van der Waals surface area contributed by atoms with Gasteiger partial charge in [-0.15, -0.1) is 0 Å². The van der Waals surface area contributed by atoms with Crippen LogP contribution in [-0.2, 0) is 36.8 Å². The molecule has 10 rings (SSSR count). The fourth-order valence-corrected chi connectivity index (χ4v) is 10.5. The molecule has 3 fully saturated rings. The van der Waals surface area contributed by atoms with Crippen LogP contribution < -0.4 is 15.4 Å². The molecule has 3 N–H and O–H groups in total. The fraction of sp³-hybridized carbons (Fsp3) is 0.400. The number of hydrogen-bond acceptors (Lipinski definition) is 10. The van der Waals surface area contributed by atoms with Crippen LogP contribution in [0.5, 0.6) is 5.75 Å². The van der Waals surface area contributed by atoms with E-state index in [1.165, 1.54) is 14.2 Å². The smallest absolute Gasteiger partial charge is 0.407 e. The Bertz CT molecular complexity index is 2730. The molecule has 1 aliphatic carbocycles. The molecule has 4 aromatic carbocycles. The first-order valence-corrected chi connectivity index (χ1v) is 22.4. The van der Waals surface area contributed by atoms with Gasteiger partial charge in [-0.25, -0.2) is 14.6 Å². The molecule has 5 aromatic rings. The van der Waals surface area contributed by atoms with E-state index in [-0.39, 0.29) is 41.8 Å². The van der Waals surface area contributed by atoms with Gasteiger partial charge in [0.05, 0.1) is 50.5 Å². The van der Waals surface area contributed by atoms with Gasteiger partial charge >= 0.3 is 12.2 Å². The van der Waals surface area contributed by atoms with Crippen LogP contribution in [0.4, 0.5) is 15.3 Å². The first-order chi connectivity index (χ1) is 31.5. The van der Waals surface area contributed by atoms with E-state index in [1.807, 2.05) is 49.1 Å². The van der Waals surface area contributed by atoms with Crippen molar-refractivity contribution in [1.82, 2.24) is 30.4 Å². The molecule has 1 aromatic heterocycles. The molecular formula is C50H53N7O8. The van der Waals surface area contributed by atoms with Gasteiger partial charge < -0.3 is 44.4 Å². The summed E-state index contributed by atoms with van der Waals surface area (Å²) >= 11 is 0. The molecule has 0 radical (unpaired) electrons. The average molecular weight is 880 g/mol. The summed E-state index contributed by atoms with van der Waals surface area (Å²) in [7, 11) is 4.24. The summed E-state index contributed by atoms with van der Waals surface area (Å²) in [5.74, 6) is 1.55. The van der Waals surface area contributed by atoms with E-state index in [9.17, 15) is 19.2 Å². The number of rotatable bonds is 11. The lowest BCUT2D eigenvalue weighted by Crippen LogP contribution is -2.55. The van der Waals surface area contributed by atoms with E-state index in [2.05, 4.69) is 58.1 Å². The van der Waals surface area contributed by atoms with Crippen molar-refractivity contribution in [1.29, 1.82) is 0 Å². The van der Waals surface area contributed by atoms with Crippen molar-refractivity contribution >= 4 is 46.2 Å². The van der Waals surface area contributed by atoms with E-state index in [0.717, 1.165) is 74.3 Å². The molecule has 0 spiro atoms. The van der Waals surface area contributed by atoms with Crippen molar-refractivity contribution in [3.05, 3.63) is 102 Å². The Morgan fingerprint density at radius 1 is 0.877 bits per heavy atom. The third-order valence-corrected chi connectivity index (χ3v) is 13.9. The number of aromatic amines is 1. The second-order valence-electron chi connectivity index (χ2n) is 18.2. The summed E-state index contributed by atoms with van der Waals surface area (Å²) in [4.78, 5) is 70.3. The highest BCUT2D eigenvalue weighted by atomic mass is 16.5. The fourth-order valence-electron chi connectivity index (χ4n) is 10.5. The molecule has 1 saturated carbocycles. The zero-order chi connectivity index (χ0) is 45.1. The minimum Gasteiger partial charge on any atom is -0.488 e. The zero-order valence-corrected chi connectivity index (χ0v) is 37.1. The Hall–Kier alpha value is -6.74. The van der Waals surface area contributed by atoms with Gasteiger partial charge in [-0.05, 0) is 94.0 Å². The third-order valence-electron chi connectivity index (χ3n) is 13.9. The number of aliphatic imine (C=N–C) groups is 1. The second kappa shape index (κ2) is 17.0. The number of benzene rings is 4. The number of piperidine rings is 1. The SMILES string of the molecule is COC[C@H]1C[C@@H](c2ncc(-c3ccc4c(c3)COc3cc5c6c(ccc5cc3-4)N=C([C@@H]3C[C@H]4C[C@H]4N3C(=O)[C@@H](NC(=O)OC)C(C)C)C6)[nH]2)N(C(=O)[C@H](NC(=O)OC)c2ccccc2)C1. The maximum absolute atomic E-state index is 14.3. The number of nitrogens with one attached hydrogen (secondary N) is 3. The van der Waals surface area contributed by atoms with Crippen LogP contribution >= 0.6 is 0 Å². The number of methoxy groups -OCH3 is 3. The number of amides is 4. The molecule has 0 bridgehead atoms. The maximum atomic E-state index is 14.3. The van der Waals surface area contributed by atoms with Crippen molar-refractivity contribution in [3.63, 3.8) is 0 Å². The normalized spacial score (nSPS) is 22.2. The van der Waals surface area contributed by atoms with Gasteiger partial charge in [-0.3, -0.25) is 14.6 Å². The van der Waals surface area contributed by atoms with Gasteiger partial charge in [-0.1, -0.05) is 62.4 Å². The molecule has 5 aliphatic rings. The molecule has 2 saturated heterocycles. The van der Waals surface area contributed by atoms with Gasteiger partial charge in [0.15, 0.2) is 0 Å². The molecule has 15 heteroatoms. The standard InChI is InChI=1S/C50H53N7O8/c1-26(2)44(54-49(60)63-4)48(59)57-40-18-31(40)19-41(57)38-20-35-34-21-43-36(17-29(34)12-14-37(35)52-38)33-13-11-30(16-32(33)25-65-43)39-22-51-46(53-39)42-15-27(24-62-3)23-56(42)47(58)45(55-50(61)64-5)28-9-7-6-8-10-28/h6-14,16-17,21-22,26-27,31,40-42,44-45H,15,18-20,23-25H2,1-5H3,(H,51,53)(H,54,60)(H,55,61)/t27-,31+,40+,41-,42-,44-,45+/m0/s1. The van der Waals surface area contributed by atoms with E-state index in [1.54, 1.807) is 18.2 Å². The molecule has 65 heavy (non-hydrogen) atoms. The third kappa shape index (κ3) is 7.74. The second-order valence-corrected chi connectivity index (χ2v) is 18.2. The van der Waals surface area contributed by atoms with Crippen LogP contribution in [0.25, 0.3) is 33.2 Å². The minimum absolute atomic E-state index is 0.0735. The van der Waals surface area contributed by atoms with E-state index in [4.69, 9.17) is 28.9 Å². The lowest BCUT2D eigenvalue weighted by Gasteiger charge is -2.33. The van der Waals surface area contributed by atoms with Gasteiger partial charge in [0, 0.05) is 43.3 Å². The first-order valence-electron chi connectivity index (χ1n) is 22.4. The number of nitrogens with zero attached hydrogens (tertiary/aromatic N) is 4. The quantitative estimate of drug-likeness (QED) is 0.122. The predicted octanol–water partition coefficient (Wildman–Crippen LogP) is 7.42. The molecule has 4 amide bonds. The number of H-pyrrole nitrogens is 1. The number of ether oxygens (including phenoxy) is 4. The van der Waals surface area contributed by atoms with Crippen LogP contribution in [0, 0.1) is 17.8 Å². The van der Waals surface area contributed by atoms with Crippen molar-refractivity contribution in [3.8, 4) is 28.1 Å². The van der Waals surface area contributed by atoms with E-state index < -0.39 is 24.3 Å². The monoisotopic (exact) mass is 879 g/mol. The van der Waals surface area contributed by atoms with Crippen LogP contribution in [-0.4, -0.2) is 102 Å². The highest BCUT2D eigenvalue weighted by Gasteiger charge is 2.56. The van der Waals surface area contributed by atoms with Crippen LogP contribution in [0.3, 0.4) is 0 Å². The molecule has 336 valence electrons. The van der Waals surface area contributed by atoms with E-state index in [0.29, 0.717) is 49.9 Å². The largest absolute Gasteiger partial charge is 0.488 e. The van der Waals surface area contributed by atoms with Gasteiger partial charge in [0.2, 0.25) is 5.91 Å². The number of hydrogen-bond donors (Lipinski definition) is 3. The minimum atomic E-state index is -0.943. The summed E-state index contributed by atoms with van der Waals surface area (Å²) in [6.07, 6.45) is 3.64. The molecule has 0 unspecified atom stereocenters. The van der Waals surface area contributed by atoms with Gasteiger partial charge in [-0.2, -0.15) is 0 Å². The highest BCUT2D eigenvalue weighted by Crippen LogP contribution is 2.51. The Morgan fingerprint density at radius 3 is 2.45 bits per heavy atom. The zero-order valence-electron chi connectivity index (χ0n) is 37.1. The van der Waals surface area contributed by atoms with Crippen molar-refractivity contribution in [2.24, 2.45) is 22.7 Å². The topological polar surface area (TPSA) is 177 Å². The van der Waals surface area contributed by atoms with Crippen molar-refractivity contribution in [2.45, 2.75) is 76.3 Å². The Labute approximate surface area is 376 Å². The number of likely N-dealkylation sites (tertiary alicyclic amines) is 2. The molecular weight excluding hydrogens is 827 g/mol. The number of imidazole rings is 1. The Kier molecular flexibility index (Phi) is 11.0. The lowest BCUT2D eigenvalue weighted by atomic mass is 9.90. The van der Waals surface area contributed by atoms with Crippen LogP contribution in [0.15, 0.2) is 84.0 Å². The highest BCUT2D eigenvalue weighted by molar-refractivity contribution is 6.07. The number of carbonyl (C=O) groups is 4. The molecule has 4 aliphatic heterocycles. The summed E-state index contributed by atoms with van der Waals surface area (Å²) in [6, 6.07) is 22.1. The summed E-state index contributed by atoms with van der Waals surface area (Å²) in [5.41, 5.74) is 8.59. The number of fused-ring (bicyclic) bond motifs is 7. The molecule has 5 heterocycles. The summed E-state index contributed by atoms with van der Waals surface area (Å²) < 4.78 is 21.8. The van der Waals surface area contributed by atoms with Crippen molar-refractivity contribution < 1.29 is 38.1 Å². The maximum Gasteiger partial charge on any atom is 0.407 e. The van der Waals surface area contributed by atoms with Gasteiger partial charge in [0.25, 0.3) is 5.91 Å². The number of alkyl carbamates (subject to hydrolysis) is 2. The average Bonchev–Trinajstić information content (AvgIpc) is 3.79. The van der Waals surface area contributed by atoms with Crippen molar-refractivity contribution in [2.75, 3.05) is 34.5 Å². The Balaban J connectivity index is 0.883.